The van der Waals surface area contributed by atoms with E-state index in [1.54, 1.807) is 31.4 Å². The fraction of sp³-hybridized carbons (Fsp3) is 0.500. The third-order valence-corrected chi connectivity index (χ3v) is 3.57. The van der Waals surface area contributed by atoms with E-state index in [2.05, 4.69) is 0 Å². The Hall–Kier alpha value is -1.88. The number of hydrogen-bond acceptors (Lipinski definition) is 5. The van der Waals surface area contributed by atoms with Crippen molar-refractivity contribution in [1.29, 1.82) is 0 Å². The highest BCUT2D eigenvalue weighted by molar-refractivity contribution is 5.94. The number of carbonyl (C=O) groups is 2. The number of Topliss-reactive ketones (excluding diaryl/α,β-unsaturated/α-hetero) is 1. The molecule has 1 aliphatic carbocycles. The first kappa shape index (κ1) is 15.5. The topological polar surface area (TPSA) is 61.8 Å². The molecule has 0 amide bonds. The average molecular weight is 292 g/mol. The summed E-state index contributed by atoms with van der Waals surface area (Å²) in [7, 11) is 1.63. The van der Waals surface area contributed by atoms with Gasteiger partial charge in [0.2, 0.25) is 0 Å². The summed E-state index contributed by atoms with van der Waals surface area (Å²) in [6.07, 6.45) is 2.53. The van der Waals surface area contributed by atoms with Gasteiger partial charge in [-0.3, -0.25) is 4.79 Å². The number of esters is 1. The quantitative estimate of drug-likeness (QED) is 0.595. The highest BCUT2D eigenvalue weighted by Crippen LogP contribution is 2.24. The third kappa shape index (κ3) is 4.29. The van der Waals surface area contributed by atoms with Crippen LogP contribution in [-0.4, -0.2) is 37.7 Å². The van der Waals surface area contributed by atoms with E-state index in [1.165, 1.54) is 6.92 Å². The van der Waals surface area contributed by atoms with Gasteiger partial charge in [0.05, 0.1) is 6.10 Å². The minimum absolute atomic E-state index is 0.0185. The van der Waals surface area contributed by atoms with Crippen LogP contribution in [0.4, 0.5) is 0 Å². The number of carbonyl (C=O) groups excluding carboxylic acids is 2. The molecule has 0 N–H and O–H groups in total. The lowest BCUT2D eigenvalue weighted by Gasteiger charge is -2.18. The second kappa shape index (κ2) is 7.22. The maximum Gasteiger partial charge on any atom is 0.344 e. The van der Waals surface area contributed by atoms with Crippen LogP contribution in [0, 0.1) is 0 Å². The van der Waals surface area contributed by atoms with Crippen LogP contribution in [0.1, 0.15) is 36.5 Å². The van der Waals surface area contributed by atoms with Crippen molar-refractivity contribution in [3.63, 3.8) is 0 Å². The van der Waals surface area contributed by atoms with E-state index in [9.17, 15) is 9.59 Å². The molecular formula is C16H20O5. The first-order valence-electron chi connectivity index (χ1n) is 7.06. The second-order valence-corrected chi connectivity index (χ2v) is 5.11. The van der Waals surface area contributed by atoms with E-state index in [4.69, 9.17) is 14.2 Å². The Kier molecular flexibility index (Phi) is 5.33. The minimum atomic E-state index is -0.419. The van der Waals surface area contributed by atoms with E-state index >= 15 is 0 Å². The molecule has 1 aliphatic rings. The van der Waals surface area contributed by atoms with Gasteiger partial charge in [-0.25, -0.2) is 4.79 Å². The van der Waals surface area contributed by atoms with E-state index in [0.717, 1.165) is 19.3 Å². The van der Waals surface area contributed by atoms with Crippen LogP contribution in [0.2, 0.25) is 0 Å². The largest absolute Gasteiger partial charge is 0.482 e. The van der Waals surface area contributed by atoms with Gasteiger partial charge in [0, 0.05) is 12.7 Å². The Morgan fingerprint density at radius 3 is 2.71 bits per heavy atom. The van der Waals surface area contributed by atoms with Crippen molar-refractivity contribution in [1.82, 2.24) is 0 Å². The number of hydrogen-bond donors (Lipinski definition) is 0. The van der Waals surface area contributed by atoms with Crippen molar-refractivity contribution in [3.8, 4) is 5.75 Å². The Morgan fingerprint density at radius 2 is 2.00 bits per heavy atom. The zero-order chi connectivity index (χ0) is 15.2. The van der Waals surface area contributed by atoms with Crippen molar-refractivity contribution < 1.29 is 23.8 Å². The van der Waals surface area contributed by atoms with Crippen LogP contribution < -0.4 is 4.74 Å². The van der Waals surface area contributed by atoms with Crippen LogP contribution in [0.5, 0.6) is 5.75 Å². The number of benzene rings is 1. The molecule has 114 valence electrons. The van der Waals surface area contributed by atoms with Crippen molar-refractivity contribution in [2.24, 2.45) is 0 Å². The summed E-state index contributed by atoms with van der Waals surface area (Å²) in [4.78, 5) is 23.1. The van der Waals surface area contributed by atoms with Crippen LogP contribution in [-0.2, 0) is 14.3 Å². The van der Waals surface area contributed by atoms with Gasteiger partial charge in [-0.15, -0.1) is 0 Å². The predicted octanol–water partition coefficient (Wildman–Crippen LogP) is 2.38. The summed E-state index contributed by atoms with van der Waals surface area (Å²) in [6, 6.07) is 6.74. The van der Waals surface area contributed by atoms with Crippen LogP contribution in [0.3, 0.4) is 0 Å². The first-order chi connectivity index (χ1) is 10.1. The van der Waals surface area contributed by atoms with Gasteiger partial charge in [-0.2, -0.15) is 0 Å². The third-order valence-electron chi connectivity index (χ3n) is 3.57. The Morgan fingerprint density at radius 1 is 1.24 bits per heavy atom. The lowest BCUT2D eigenvalue weighted by molar-refractivity contribution is -0.156. The van der Waals surface area contributed by atoms with Gasteiger partial charge in [-0.05, 0) is 38.3 Å². The number of rotatable bonds is 6. The molecule has 1 aromatic rings. The molecule has 5 heteroatoms. The molecular weight excluding hydrogens is 272 g/mol. The van der Waals surface area contributed by atoms with Gasteiger partial charge in [0.15, 0.2) is 12.4 Å². The molecule has 5 nitrogen and oxygen atoms in total. The number of methoxy groups -OCH3 is 1. The van der Waals surface area contributed by atoms with Crippen LogP contribution in [0.25, 0.3) is 0 Å². The Bertz CT molecular complexity index is 511. The number of ether oxygens (including phenoxy) is 3. The van der Waals surface area contributed by atoms with E-state index in [1.807, 2.05) is 0 Å². The second-order valence-electron chi connectivity index (χ2n) is 5.11. The summed E-state index contributed by atoms with van der Waals surface area (Å²) >= 11 is 0. The van der Waals surface area contributed by atoms with Gasteiger partial charge in [0.1, 0.15) is 11.9 Å². The molecule has 2 atom stereocenters. The lowest BCUT2D eigenvalue weighted by atomic mass is 10.1. The molecule has 0 radical (unpaired) electrons. The van der Waals surface area contributed by atoms with Gasteiger partial charge in [-0.1, -0.05) is 12.1 Å². The van der Waals surface area contributed by atoms with E-state index < -0.39 is 5.97 Å². The summed E-state index contributed by atoms with van der Waals surface area (Å²) < 4.78 is 16.0. The maximum atomic E-state index is 11.8. The molecule has 0 aromatic heterocycles. The maximum absolute atomic E-state index is 11.8. The van der Waals surface area contributed by atoms with Crippen LogP contribution in [0.15, 0.2) is 24.3 Å². The van der Waals surface area contributed by atoms with E-state index in [0.29, 0.717) is 11.3 Å². The smallest absolute Gasteiger partial charge is 0.344 e. The van der Waals surface area contributed by atoms with Gasteiger partial charge < -0.3 is 14.2 Å². The summed E-state index contributed by atoms with van der Waals surface area (Å²) in [5, 5.41) is 0. The van der Waals surface area contributed by atoms with Gasteiger partial charge in [0.25, 0.3) is 0 Å². The first-order valence-corrected chi connectivity index (χ1v) is 7.06. The average Bonchev–Trinajstić information content (AvgIpc) is 2.92. The molecule has 1 fully saturated rings. The molecule has 0 aliphatic heterocycles. The summed E-state index contributed by atoms with van der Waals surface area (Å²) in [5.41, 5.74) is 0.552. The highest BCUT2D eigenvalue weighted by Gasteiger charge is 2.30. The SMILES string of the molecule is CO[C@H]1CCC[C@H]1OC(=O)COc1cccc(C(C)=O)c1. The molecule has 21 heavy (non-hydrogen) atoms. The monoisotopic (exact) mass is 292 g/mol. The Balaban J connectivity index is 1.84. The van der Waals surface area contributed by atoms with Crippen molar-refractivity contribution >= 4 is 11.8 Å². The molecule has 1 aromatic carbocycles. The predicted molar refractivity (Wildman–Crippen MR) is 76.5 cm³/mol. The lowest BCUT2D eigenvalue weighted by Crippen LogP contribution is -2.29. The number of ketones is 1. The zero-order valence-corrected chi connectivity index (χ0v) is 12.3. The molecule has 0 spiro atoms. The Labute approximate surface area is 124 Å². The summed E-state index contributed by atoms with van der Waals surface area (Å²) in [5.74, 6) is 0.0171. The van der Waals surface area contributed by atoms with Crippen molar-refractivity contribution in [2.75, 3.05) is 13.7 Å². The zero-order valence-electron chi connectivity index (χ0n) is 12.3. The molecule has 0 saturated heterocycles. The normalized spacial score (nSPS) is 21.0. The highest BCUT2D eigenvalue weighted by atomic mass is 16.6. The molecule has 0 heterocycles. The minimum Gasteiger partial charge on any atom is -0.482 e. The molecule has 0 bridgehead atoms. The molecule has 0 unspecified atom stereocenters. The fourth-order valence-electron chi connectivity index (χ4n) is 2.45. The van der Waals surface area contributed by atoms with Crippen molar-refractivity contribution in [2.45, 2.75) is 38.4 Å². The molecule has 1 saturated carbocycles. The van der Waals surface area contributed by atoms with Crippen molar-refractivity contribution in [3.05, 3.63) is 29.8 Å². The fourth-order valence-corrected chi connectivity index (χ4v) is 2.45. The summed E-state index contributed by atoms with van der Waals surface area (Å²) in [6.45, 7) is 1.31. The standard InChI is InChI=1S/C16H20O5/c1-11(17)12-5-3-6-13(9-12)20-10-16(18)21-15-8-4-7-14(15)19-2/h3,5-6,9,14-15H,4,7-8,10H2,1-2H3/t14-,15+/m0/s1. The molecule has 2 rings (SSSR count). The van der Waals surface area contributed by atoms with E-state index in [-0.39, 0.29) is 24.6 Å². The van der Waals surface area contributed by atoms with Gasteiger partial charge >= 0.3 is 5.97 Å². The van der Waals surface area contributed by atoms with Crippen LogP contribution >= 0.6 is 0 Å².